The molecule has 3 heteroatoms. The van der Waals surface area contributed by atoms with E-state index in [4.69, 9.17) is 21.4 Å². The Kier molecular flexibility index (Phi) is 3.58. The molecule has 0 heterocycles. The number of hydrogen-bond donors (Lipinski definition) is 1. The first-order valence-corrected chi connectivity index (χ1v) is 4.51. The summed E-state index contributed by atoms with van der Waals surface area (Å²) in [4.78, 5) is 0. The van der Waals surface area contributed by atoms with Gasteiger partial charge in [0.15, 0.2) is 0 Å². The highest BCUT2D eigenvalue weighted by Crippen LogP contribution is 2.28. The minimum atomic E-state index is 0.0761. The van der Waals surface area contributed by atoms with Crippen LogP contribution in [-0.2, 0) is 0 Å². The number of rotatable bonds is 3. The van der Waals surface area contributed by atoms with Gasteiger partial charge in [0.2, 0.25) is 0 Å². The number of halogens is 1. The standard InChI is InChI=1S/C10H13ClO2/c1-7(6-12)9-4-3-8(11)5-10(9)13-2/h3-5,7,12H,6H2,1-2H3. The van der Waals surface area contributed by atoms with E-state index in [1.807, 2.05) is 13.0 Å². The molecule has 13 heavy (non-hydrogen) atoms. The molecule has 0 aliphatic carbocycles. The lowest BCUT2D eigenvalue weighted by molar-refractivity contribution is 0.269. The number of aliphatic hydroxyl groups excluding tert-OH is 1. The van der Waals surface area contributed by atoms with Crippen LogP contribution in [0.1, 0.15) is 18.4 Å². The van der Waals surface area contributed by atoms with Crippen molar-refractivity contribution in [1.82, 2.24) is 0 Å². The second-order valence-corrected chi connectivity index (χ2v) is 3.41. The molecule has 1 N–H and O–H groups in total. The van der Waals surface area contributed by atoms with E-state index in [1.165, 1.54) is 0 Å². The molecule has 0 aliphatic rings. The molecule has 0 saturated carbocycles. The Morgan fingerprint density at radius 2 is 2.23 bits per heavy atom. The molecular formula is C10H13ClO2. The molecule has 0 bridgehead atoms. The van der Waals surface area contributed by atoms with Crippen LogP contribution in [0.4, 0.5) is 0 Å². The van der Waals surface area contributed by atoms with Gasteiger partial charge in [-0.05, 0) is 17.7 Å². The summed E-state index contributed by atoms with van der Waals surface area (Å²) in [5, 5.41) is 9.63. The molecule has 72 valence electrons. The first-order chi connectivity index (χ1) is 6.19. The summed E-state index contributed by atoms with van der Waals surface area (Å²) >= 11 is 5.80. The van der Waals surface area contributed by atoms with Crippen molar-refractivity contribution in [1.29, 1.82) is 0 Å². The molecule has 0 aromatic heterocycles. The van der Waals surface area contributed by atoms with Gasteiger partial charge in [-0.15, -0.1) is 0 Å². The van der Waals surface area contributed by atoms with Crippen LogP contribution in [0, 0.1) is 0 Å². The van der Waals surface area contributed by atoms with Crippen LogP contribution in [0.3, 0.4) is 0 Å². The maximum absolute atomic E-state index is 8.99. The predicted molar refractivity (Wildman–Crippen MR) is 53.5 cm³/mol. The summed E-state index contributed by atoms with van der Waals surface area (Å²) in [5.41, 5.74) is 0.981. The average Bonchev–Trinajstić information content (AvgIpc) is 2.16. The summed E-state index contributed by atoms with van der Waals surface area (Å²) in [6.45, 7) is 2.05. The van der Waals surface area contributed by atoms with Crippen molar-refractivity contribution < 1.29 is 9.84 Å². The summed E-state index contributed by atoms with van der Waals surface area (Å²) in [5.74, 6) is 0.807. The number of aliphatic hydroxyl groups is 1. The molecule has 1 aromatic rings. The number of ether oxygens (including phenoxy) is 1. The summed E-state index contributed by atoms with van der Waals surface area (Å²) in [6.07, 6.45) is 0. The molecule has 0 aliphatic heterocycles. The van der Waals surface area contributed by atoms with Crippen molar-refractivity contribution in [2.45, 2.75) is 12.8 Å². The fourth-order valence-corrected chi connectivity index (χ4v) is 1.35. The lowest BCUT2D eigenvalue weighted by atomic mass is 10.0. The monoisotopic (exact) mass is 200 g/mol. The molecular weight excluding hydrogens is 188 g/mol. The third-order valence-electron chi connectivity index (χ3n) is 2.00. The molecule has 0 amide bonds. The fraction of sp³-hybridized carbons (Fsp3) is 0.400. The molecule has 1 aromatic carbocycles. The summed E-state index contributed by atoms with van der Waals surface area (Å²) in [6, 6.07) is 5.43. The molecule has 0 fully saturated rings. The Bertz CT molecular complexity index is 286. The third kappa shape index (κ3) is 2.36. The van der Waals surface area contributed by atoms with Gasteiger partial charge in [-0.1, -0.05) is 24.6 Å². The van der Waals surface area contributed by atoms with E-state index in [0.717, 1.165) is 11.3 Å². The van der Waals surface area contributed by atoms with E-state index < -0.39 is 0 Å². The lowest BCUT2D eigenvalue weighted by Gasteiger charge is -2.13. The van der Waals surface area contributed by atoms with E-state index in [0.29, 0.717) is 5.02 Å². The maximum Gasteiger partial charge on any atom is 0.123 e. The zero-order valence-electron chi connectivity index (χ0n) is 7.75. The van der Waals surface area contributed by atoms with Gasteiger partial charge in [0, 0.05) is 17.5 Å². The Balaban J connectivity index is 3.05. The number of benzene rings is 1. The average molecular weight is 201 g/mol. The zero-order chi connectivity index (χ0) is 9.84. The van der Waals surface area contributed by atoms with Crippen LogP contribution in [-0.4, -0.2) is 18.8 Å². The highest BCUT2D eigenvalue weighted by molar-refractivity contribution is 6.30. The normalized spacial score (nSPS) is 12.6. The second kappa shape index (κ2) is 4.49. The van der Waals surface area contributed by atoms with E-state index in [2.05, 4.69) is 0 Å². The van der Waals surface area contributed by atoms with Gasteiger partial charge in [-0.2, -0.15) is 0 Å². The minimum absolute atomic E-state index is 0.0761. The van der Waals surface area contributed by atoms with E-state index in [-0.39, 0.29) is 12.5 Å². The second-order valence-electron chi connectivity index (χ2n) is 2.97. The van der Waals surface area contributed by atoms with E-state index in [9.17, 15) is 0 Å². The number of methoxy groups -OCH3 is 1. The van der Waals surface area contributed by atoms with Crippen LogP contribution in [0.25, 0.3) is 0 Å². The van der Waals surface area contributed by atoms with Crippen LogP contribution in [0.15, 0.2) is 18.2 Å². The molecule has 1 rings (SSSR count). The molecule has 0 spiro atoms. The zero-order valence-corrected chi connectivity index (χ0v) is 8.51. The molecule has 2 nitrogen and oxygen atoms in total. The van der Waals surface area contributed by atoms with E-state index in [1.54, 1.807) is 19.2 Å². The Labute approximate surface area is 83.1 Å². The van der Waals surface area contributed by atoms with Crippen molar-refractivity contribution in [2.24, 2.45) is 0 Å². The number of hydrogen-bond acceptors (Lipinski definition) is 2. The van der Waals surface area contributed by atoms with Gasteiger partial charge >= 0.3 is 0 Å². The van der Waals surface area contributed by atoms with Gasteiger partial charge < -0.3 is 9.84 Å². The molecule has 1 atom stereocenters. The molecule has 0 saturated heterocycles. The predicted octanol–water partition coefficient (Wildman–Crippen LogP) is 2.44. The van der Waals surface area contributed by atoms with Crippen molar-refractivity contribution in [3.63, 3.8) is 0 Å². The largest absolute Gasteiger partial charge is 0.496 e. The maximum atomic E-state index is 8.99. The van der Waals surface area contributed by atoms with Crippen LogP contribution >= 0.6 is 11.6 Å². The summed E-state index contributed by atoms with van der Waals surface area (Å²) in [7, 11) is 1.60. The van der Waals surface area contributed by atoms with Gasteiger partial charge in [0.25, 0.3) is 0 Å². The first-order valence-electron chi connectivity index (χ1n) is 4.13. The fourth-order valence-electron chi connectivity index (χ4n) is 1.19. The minimum Gasteiger partial charge on any atom is -0.496 e. The Morgan fingerprint density at radius 1 is 1.54 bits per heavy atom. The molecule has 1 unspecified atom stereocenters. The van der Waals surface area contributed by atoms with Gasteiger partial charge in [-0.3, -0.25) is 0 Å². The van der Waals surface area contributed by atoms with Gasteiger partial charge in [0.05, 0.1) is 7.11 Å². The highest BCUT2D eigenvalue weighted by atomic mass is 35.5. The van der Waals surface area contributed by atoms with Crippen LogP contribution in [0.2, 0.25) is 5.02 Å². The third-order valence-corrected chi connectivity index (χ3v) is 2.24. The smallest absolute Gasteiger partial charge is 0.123 e. The lowest BCUT2D eigenvalue weighted by Crippen LogP contribution is -2.01. The quantitative estimate of drug-likeness (QED) is 0.812. The Morgan fingerprint density at radius 3 is 2.77 bits per heavy atom. The van der Waals surface area contributed by atoms with E-state index >= 15 is 0 Å². The van der Waals surface area contributed by atoms with Crippen molar-refractivity contribution in [3.05, 3.63) is 28.8 Å². The highest BCUT2D eigenvalue weighted by Gasteiger charge is 2.10. The van der Waals surface area contributed by atoms with Crippen molar-refractivity contribution >= 4 is 11.6 Å². The van der Waals surface area contributed by atoms with Crippen molar-refractivity contribution in [2.75, 3.05) is 13.7 Å². The van der Waals surface area contributed by atoms with Crippen molar-refractivity contribution in [3.8, 4) is 5.75 Å². The first kappa shape index (κ1) is 10.4. The topological polar surface area (TPSA) is 29.5 Å². The Hall–Kier alpha value is -0.730. The molecule has 0 radical (unpaired) electrons. The van der Waals surface area contributed by atoms with Gasteiger partial charge in [-0.25, -0.2) is 0 Å². The van der Waals surface area contributed by atoms with Gasteiger partial charge in [0.1, 0.15) is 5.75 Å². The SMILES string of the molecule is COc1cc(Cl)ccc1C(C)CO. The van der Waals surface area contributed by atoms with Crippen LogP contribution in [0.5, 0.6) is 5.75 Å². The van der Waals surface area contributed by atoms with Crippen LogP contribution < -0.4 is 4.74 Å². The summed E-state index contributed by atoms with van der Waals surface area (Å²) < 4.78 is 5.15.